The lowest BCUT2D eigenvalue weighted by Crippen LogP contribution is -2.41. The average molecular weight is 300 g/mol. The number of hydrogen-bond acceptors (Lipinski definition) is 3. The zero-order valence-electron chi connectivity index (χ0n) is 12.7. The minimum atomic E-state index is 0.0982. The number of aliphatic hydroxyl groups excluding tert-OH is 1. The lowest BCUT2D eigenvalue weighted by molar-refractivity contribution is 0.124. The van der Waals surface area contributed by atoms with Crippen molar-refractivity contribution in [3.8, 4) is 0 Å². The fourth-order valence-corrected chi connectivity index (χ4v) is 3.22. The van der Waals surface area contributed by atoms with Gasteiger partial charge >= 0.3 is 0 Å². The van der Waals surface area contributed by atoms with Crippen LogP contribution in [0.4, 0.5) is 0 Å². The summed E-state index contributed by atoms with van der Waals surface area (Å²) in [5.74, 6) is 0. The number of rotatable bonds is 6. The van der Waals surface area contributed by atoms with E-state index in [-0.39, 0.29) is 5.41 Å². The second-order valence-electron chi connectivity index (χ2n) is 6.31. The highest BCUT2D eigenvalue weighted by Gasteiger charge is 2.33. The number of nitrogens with zero attached hydrogens (tertiary/aromatic N) is 2. The van der Waals surface area contributed by atoms with Gasteiger partial charge in [0.05, 0.1) is 23.0 Å². The smallest absolute Gasteiger partial charge is 0.0844 e. The largest absolute Gasteiger partial charge is 0.396 e. The van der Waals surface area contributed by atoms with E-state index in [2.05, 4.69) is 17.3 Å². The molecule has 0 aliphatic heterocycles. The van der Waals surface area contributed by atoms with Crippen molar-refractivity contribution in [1.29, 1.82) is 0 Å². The van der Waals surface area contributed by atoms with E-state index < -0.39 is 0 Å². The summed E-state index contributed by atoms with van der Waals surface area (Å²) < 4.78 is 1.97. The Bertz CT molecular complexity index is 452. The normalized spacial score (nSPS) is 19.4. The van der Waals surface area contributed by atoms with E-state index in [1.54, 1.807) is 0 Å². The third-order valence-corrected chi connectivity index (χ3v) is 5.11. The van der Waals surface area contributed by atoms with E-state index >= 15 is 0 Å². The molecule has 1 aromatic rings. The Morgan fingerprint density at radius 2 is 2.05 bits per heavy atom. The second-order valence-corrected chi connectivity index (χ2v) is 6.69. The van der Waals surface area contributed by atoms with Gasteiger partial charge in [0.2, 0.25) is 0 Å². The van der Waals surface area contributed by atoms with Gasteiger partial charge in [0.25, 0.3) is 0 Å². The summed E-state index contributed by atoms with van der Waals surface area (Å²) in [6.45, 7) is 8.08. The van der Waals surface area contributed by atoms with Crippen molar-refractivity contribution in [2.24, 2.45) is 5.41 Å². The number of aryl methyl sites for hydroxylation is 1. The molecule has 1 unspecified atom stereocenters. The molecule has 1 fully saturated rings. The molecule has 1 saturated carbocycles. The fraction of sp³-hybridized carbons (Fsp3) is 0.800. The van der Waals surface area contributed by atoms with Crippen molar-refractivity contribution in [2.45, 2.75) is 59.0 Å². The molecule has 0 spiro atoms. The molecule has 114 valence electrons. The highest BCUT2D eigenvalue weighted by atomic mass is 35.5. The molecule has 2 rings (SSSR count). The van der Waals surface area contributed by atoms with Crippen molar-refractivity contribution >= 4 is 11.6 Å². The summed E-state index contributed by atoms with van der Waals surface area (Å²) in [6.07, 6.45) is 4.75. The van der Waals surface area contributed by atoms with E-state index in [9.17, 15) is 5.11 Å². The van der Waals surface area contributed by atoms with E-state index in [1.165, 1.54) is 12.8 Å². The molecule has 0 aromatic carbocycles. The predicted molar refractivity (Wildman–Crippen MR) is 82.2 cm³/mol. The summed E-state index contributed by atoms with van der Waals surface area (Å²) in [7, 11) is 0. The minimum absolute atomic E-state index is 0.0982. The Morgan fingerprint density at radius 1 is 1.40 bits per heavy atom. The molecule has 0 radical (unpaired) electrons. The number of nitrogens with one attached hydrogen (secondary N) is 1. The maximum absolute atomic E-state index is 9.63. The minimum Gasteiger partial charge on any atom is -0.396 e. The quantitative estimate of drug-likeness (QED) is 0.849. The van der Waals surface area contributed by atoms with E-state index in [1.807, 2.05) is 18.5 Å². The molecule has 0 bridgehead atoms. The Balaban J connectivity index is 1.89. The van der Waals surface area contributed by atoms with Crippen LogP contribution < -0.4 is 5.32 Å². The molecule has 1 aromatic heterocycles. The van der Waals surface area contributed by atoms with Crippen molar-refractivity contribution in [3.05, 3.63) is 16.4 Å². The first kappa shape index (κ1) is 15.8. The zero-order valence-corrected chi connectivity index (χ0v) is 13.5. The van der Waals surface area contributed by atoms with Crippen LogP contribution in [0.1, 0.15) is 44.0 Å². The summed E-state index contributed by atoms with van der Waals surface area (Å²) in [4.78, 5) is 0. The van der Waals surface area contributed by atoms with Crippen LogP contribution in [-0.2, 0) is 6.54 Å². The molecule has 1 heterocycles. The van der Waals surface area contributed by atoms with Crippen LogP contribution in [0, 0.1) is 19.3 Å². The molecule has 1 aliphatic carbocycles. The molecule has 0 saturated heterocycles. The van der Waals surface area contributed by atoms with E-state index in [0.29, 0.717) is 12.6 Å². The van der Waals surface area contributed by atoms with Gasteiger partial charge in [-0.05, 0) is 33.6 Å². The molecule has 1 aliphatic rings. The van der Waals surface area contributed by atoms with E-state index in [0.717, 1.165) is 42.3 Å². The molecule has 2 N–H and O–H groups in total. The fourth-order valence-electron chi connectivity index (χ4n) is 3.08. The Kier molecular flexibility index (Phi) is 5.10. The first-order valence-corrected chi connectivity index (χ1v) is 7.89. The summed E-state index contributed by atoms with van der Waals surface area (Å²) in [5, 5.41) is 18.4. The van der Waals surface area contributed by atoms with Gasteiger partial charge in [-0.15, -0.1) is 0 Å². The van der Waals surface area contributed by atoms with Gasteiger partial charge in [-0.25, -0.2) is 0 Å². The lowest BCUT2D eigenvalue weighted by atomic mass is 9.87. The molecular formula is C15H26ClN3O. The number of halogens is 1. The van der Waals surface area contributed by atoms with Gasteiger partial charge in [0.1, 0.15) is 0 Å². The molecule has 5 heteroatoms. The van der Waals surface area contributed by atoms with Crippen molar-refractivity contribution in [3.63, 3.8) is 0 Å². The highest BCUT2D eigenvalue weighted by Crippen LogP contribution is 2.37. The average Bonchev–Trinajstić information content (AvgIpc) is 3.00. The van der Waals surface area contributed by atoms with Crippen LogP contribution in [0.3, 0.4) is 0 Å². The Labute approximate surface area is 126 Å². The lowest BCUT2D eigenvalue weighted by Gasteiger charge is -2.28. The predicted octanol–water partition coefficient (Wildman–Crippen LogP) is 2.68. The summed E-state index contributed by atoms with van der Waals surface area (Å²) in [5.41, 5.74) is 2.01. The van der Waals surface area contributed by atoms with Crippen LogP contribution in [0.25, 0.3) is 0 Å². The second kappa shape index (κ2) is 6.46. The molecule has 1 atom stereocenters. The van der Waals surface area contributed by atoms with Crippen molar-refractivity contribution in [2.75, 3.05) is 13.2 Å². The summed E-state index contributed by atoms with van der Waals surface area (Å²) in [6, 6.07) is 0.313. The maximum Gasteiger partial charge on any atom is 0.0844 e. The molecule has 20 heavy (non-hydrogen) atoms. The van der Waals surface area contributed by atoms with Gasteiger partial charge in [0, 0.05) is 24.6 Å². The van der Waals surface area contributed by atoms with Gasteiger partial charge in [-0.3, -0.25) is 4.68 Å². The standard InChI is InChI=1S/C15H26ClN3O/c1-11(8-19-13(3)14(16)12(2)18-19)17-9-15(10-20)6-4-5-7-15/h11,17,20H,4-10H2,1-3H3. The van der Waals surface area contributed by atoms with Crippen LogP contribution in [-0.4, -0.2) is 34.1 Å². The zero-order chi connectivity index (χ0) is 14.8. The number of hydrogen-bond donors (Lipinski definition) is 2. The Hall–Kier alpha value is -0.580. The van der Waals surface area contributed by atoms with E-state index in [4.69, 9.17) is 11.6 Å². The first-order valence-electron chi connectivity index (χ1n) is 7.51. The molecular weight excluding hydrogens is 274 g/mol. The topological polar surface area (TPSA) is 50.1 Å². The molecule has 4 nitrogen and oxygen atoms in total. The van der Waals surface area contributed by atoms with Crippen molar-refractivity contribution in [1.82, 2.24) is 15.1 Å². The molecule has 0 amide bonds. The van der Waals surface area contributed by atoms with Crippen molar-refractivity contribution < 1.29 is 5.11 Å². The van der Waals surface area contributed by atoms with Gasteiger partial charge < -0.3 is 10.4 Å². The van der Waals surface area contributed by atoms with Gasteiger partial charge in [-0.2, -0.15) is 5.10 Å². The maximum atomic E-state index is 9.63. The monoisotopic (exact) mass is 299 g/mol. The summed E-state index contributed by atoms with van der Waals surface area (Å²) >= 11 is 6.17. The van der Waals surface area contributed by atoms with Crippen LogP contribution in [0.15, 0.2) is 0 Å². The van der Waals surface area contributed by atoms with Gasteiger partial charge in [0.15, 0.2) is 0 Å². The van der Waals surface area contributed by atoms with Crippen LogP contribution in [0.5, 0.6) is 0 Å². The van der Waals surface area contributed by atoms with Crippen LogP contribution in [0.2, 0.25) is 5.02 Å². The van der Waals surface area contributed by atoms with Gasteiger partial charge in [-0.1, -0.05) is 24.4 Å². The highest BCUT2D eigenvalue weighted by molar-refractivity contribution is 6.31. The first-order chi connectivity index (χ1) is 9.47. The number of aromatic nitrogens is 2. The Morgan fingerprint density at radius 3 is 2.55 bits per heavy atom. The number of aliphatic hydroxyl groups is 1. The third kappa shape index (κ3) is 3.35. The third-order valence-electron chi connectivity index (χ3n) is 4.57. The SMILES string of the molecule is Cc1nn(CC(C)NCC2(CO)CCCC2)c(C)c1Cl. The van der Waals surface area contributed by atoms with Crippen LogP contribution >= 0.6 is 11.6 Å².